The lowest BCUT2D eigenvalue weighted by Crippen LogP contribution is -2.27. The molecule has 0 bridgehead atoms. The van der Waals surface area contributed by atoms with Gasteiger partial charge in [0.25, 0.3) is 11.5 Å². The highest BCUT2D eigenvalue weighted by atomic mass is 16.1. The number of rotatable bonds is 3. The van der Waals surface area contributed by atoms with E-state index in [4.69, 9.17) is 5.73 Å². The summed E-state index contributed by atoms with van der Waals surface area (Å²) >= 11 is 0. The van der Waals surface area contributed by atoms with Crippen molar-refractivity contribution in [2.24, 2.45) is 5.73 Å². The van der Waals surface area contributed by atoms with Crippen LogP contribution in [0.15, 0.2) is 47.4 Å². The molecule has 6 heteroatoms. The molecule has 0 saturated heterocycles. The van der Waals surface area contributed by atoms with Gasteiger partial charge in [0.15, 0.2) is 5.52 Å². The van der Waals surface area contributed by atoms with Gasteiger partial charge in [-0.3, -0.25) is 14.2 Å². The zero-order valence-electron chi connectivity index (χ0n) is 12.9. The predicted molar refractivity (Wildman–Crippen MR) is 88.1 cm³/mol. The Morgan fingerprint density at radius 1 is 1.13 bits per heavy atom. The monoisotopic (exact) mass is 308 g/mol. The Bertz CT molecular complexity index is 946. The van der Waals surface area contributed by atoms with E-state index in [1.807, 2.05) is 44.2 Å². The molecular formula is C17H16N4O2. The van der Waals surface area contributed by atoms with Gasteiger partial charge in [0.05, 0.1) is 5.56 Å². The van der Waals surface area contributed by atoms with Crippen molar-refractivity contribution >= 4 is 16.9 Å². The average Bonchev–Trinajstić information content (AvgIpc) is 2.54. The summed E-state index contributed by atoms with van der Waals surface area (Å²) in [7, 11) is 0. The summed E-state index contributed by atoms with van der Waals surface area (Å²) in [6, 6.07) is 10.7. The number of primary amides is 1. The summed E-state index contributed by atoms with van der Waals surface area (Å²) in [4.78, 5) is 33.1. The molecule has 2 N–H and O–H groups in total. The molecule has 0 aliphatic carbocycles. The molecule has 23 heavy (non-hydrogen) atoms. The highest BCUT2D eigenvalue weighted by Gasteiger charge is 2.19. The Kier molecular flexibility index (Phi) is 3.65. The molecular weight excluding hydrogens is 292 g/mol. The third-order valence-corrected chi connectivity index (χ3v) is 3.61. The number of carbonyl (C=O) groups excluding carboxylic acids is 1. The molecule has 6 nitrogen and oxygen atoms in total. The zero-order valence-corrected chi connectivity index (χ0v) is 12.9. The first-order valence-corrected chi connectivity index (χ1v) is 7.27. The summed E-state index contributed by atoms with van der Waals surface area (Å²) in [5.74, 6) is -0.140. The van der Waals surface area contributed by atoms with Crippen LogP contribution < -0.4 is 11.3 Å². The van der Waals surface area contributed by atoms with Crippen LogP contribution in [0, 0.1) is 0 Å². The highest BCUT2D eigenvalue weighted by Crippen LogP contribution is 2.22. The number of aromatic nitrogens is 3. The van der Waals surface area contributed by atoms with Crippen LogP contribution in [0.1, 0.15) is 30.2 Å². The van der Waals surface area contributed by atoms with Crippen LogP contribution in [0.3, 0.4) is 0 Å². The van der Waals surface area contributed by atoms with E-state index in [0.717, 1.165) is 5.56 Å². The minimum atomic E-state index is -0.634. The number of hydrogen-bond acceptors (Lipinski definition) is 4. The van der Waals surface area contributed by atoms with E-state index in [9.17, 15) is 9.59 Å². The molecule has 0 saturated carbocycles. The van der Waals surface area contributed by atoms with Crippen molar-refractivity contribution in [3.63, 3.8) is 0 Å². The van der Waals surface area contributed by atoms with Gasteiger partial charge in [0, 0.05) is 17.8 Å². The first kappa shape index (κ1) is 14.9. The lowest BCUT2D eigenvalue weighted by atomic mass is 10.1. The van der Waals surface area contributed by atoms with Gasteiger partial charge in [-0.05, 0) is 19.9 Å². The third-order valence-electron chi connectivity index (χ3n) is 3.61. The quantitative estimate of drug-likeness (QED) is 0.802. The largest absolute Gasteiger partial charge is 0.366 e. The number of benzene rings is 1. The molecule has 0 aliphatic rings. The first-order valence-electron chi connectivity index (χ1n) is 7.27. The maximum absolute atomic E-state index is 12.8. The number of carbonyl (C=O) groups is 1. The second kappa shape index (κ2) is 5.64. The van der Waals surface area contributed by atoms with E-state index in [1.165, 1.54) is 12.3 Å². The normalized spacial score (nSPS) is 11.1. The van der Waals surface area contributed by atoms with E-state index in [0.29, 0.717) is 5.82 Å². The van der Waals surface area contributed by atoms with Crippen molar-refractivity contribution in [1.82, 2.24) is 14.5 Å². The van der Waals surface area contributed by atoms with Gasteiger partial charge in [-0.25, -0.2) is 9.97 Å². The molecule has 1 amide bonds. The van der Waals surface area contributed by atoms with E-state index in [-0.39, 0.29) is 28.2 Å². The molecule has 3 aromatic rings. The summed E-state index contributed by atoms with van der Waals surface area (Å²) in [5, 5.41) is 0. The lowest BCUT2D eigenvalue weighted by molar-refractivity contribution is 0.100. The predicted octanol–water partition coefficient (Wildman–Crippen LogP) is 2.14. The van der Waals surface area contributed by atoms with Crippen molar-refractivity contribution in [1.29, 1.82) is 0 Å². The van der Waals surface area contributed by atoms with Crippen molar-refractivity contribution in [2.75, 3.05) is 0 Å². The Morgan fingerprint density at radius 3 is 2.43 bits per heavy atom. The molecule has 0 atom stereocenters. The third kappa shape index (κ3) is 2.48. The van der Waals surface area contributed by atoms with Crippen LogP contribution in [0.4, 0.5) is 0 Å². The fourth-order valence-electron chi connectivity index (χ4n) is 2.56. The summed E-state index contributed by atoms with van der Waals surface area (Å²) in [6.07, 6.45) is 1.40. The highest BCUT2D eigenvalue weighted by molar-refractivity contribution is 6.03. The van der Waals surface area contributed by atoms with Crippen LogP contribution in [-0.2, 0) is 0 Å². The van der Waals surface area contributed by atoms with Crippen molar-refractivity contribution in [3.05, 3.63) is 58.5 Å². The standard InChI is InChI=1S/C17H16N4O2/c1-10(2)21-16(11-6-4-3-5-7-11)20-13-12(15(18)22)8-9-19-14(13)17(21)23/h3-10H,1-2H3,(H2,18,22). The maximum atomic E-state index is 12.8. The summed E-state index contributed by atoms with van der Waals surface area (Å²) in [6.45, 7) is 3.80. The van der Waals surface area contributed by atoms with Crippen molar-refractivity contribution in [3.8, 4) is 11.4 Å². The second-order valence-electron chi connectivity index (χ2n) is 5.49. The smallest absolute Gasteiger partial charge is 0.280 e. The van der Waals surface area contributed by atoms with Crippen molar-refractivity contribution in [2.45, 2.75) is 19.9 Å². The minimum Gasteiger partial charge on any atom is -0.366 e. The molecule has 0 radical (unpaired) electrons. The van der Waals surface area contributed by atoms with Gasteiger partial charge >= 0.3 is 0 Å². The maximum Gasteiger partial charge on any atom is 0.280 e. The van der Waals surface area contributed by atoms with E-state index in [1.54, 1.807) is 4.57 Å². The SMILES string of the molecule is CC(C)n1c(-c2ccccc2)nc2c(C(N)=O)ccnc2c1=O. The molecule has 0 unspecified atom stereocenters. The Morgan fingerprint density at radius 2 is 1.83 bits per heavy atom. The Hall–Kier alpha value is -3.02. The molecule has 2 heterocycles. The van der Waals surface area contributed by atoms with Gasteiger partial charge in [-0.1, -0.05) is 30.3 Å². The first-order chi connectivity index (χ1) is 11.0. The number of nitrogens with two attached hydrogens (primary N) is 1. The number of amides is 1. The summed E-state index contributed by atoms with van der Waals surface area (Å²) in [5.41, 5.74) is 6.49. The fraction of sp³-hybridized carbons (Fsp3) is 0.176. The van der Waals surface area contributed by atoms with Gasteiger partial charge < -0.3 is 5.73 Å². The van der Waals surface area contributed by atoms with E-state index >= 15 is 0 Å². The molecule has 0 fully saturated rings. The van der Waals surface area contributed by atoms with Gasteiger partial charge in [-0.2, -0.15) is 0 Å². The number of hydrogen-bond donors (Lipinski definition) is 1. The van der Waals surface area contributed by atoms with Gasteiger partial charge in [-0.15, -0.1) is 0 Å². The molecule has 116 valence electrons. The lowest BCUT2D eigenvalue weighted by Gasteiger charge is -2.17. The van der Waals surface area contributed by atoms with Gasteiger partial charge in [0.2, 0.25) is 0 Å². The van der Waals surface area contributed by atoms with Crippen LogP contribution in [-0.4, -0.2) is 20.4 Å². The zero-order chi connectivity index (χ0) is 16.6. The summed E-state index contributed by atoms with van der Waals surface area (Å²) < 4.78 is 1.58. The van der Waals surface area contributed by atoms with Crippen LogP contribution in [0.25, 0.3) is 22.4 Å². The average molecular weight is 308 g/mol. The van der Waals surface area contributed by atoms with Crippen LogP contribution in [0.2, 0.25) is 0 Å². The van der Waals surface area contributed by atoms with Crippen LogP contribution in [0.5, 0.6) is 0 Å². The number of fused-ring (bicyclic) bond motifs is 1. The number of nitrogens with zero attached hydrogens (tertiary/aromatic N) is 3. The topological polar surface area (TPSA) is 90.9 Å². The molecule has 0 aliphatic heterocycles. The van der Waals surface area contributed by atoms with Crippen LogP contribution >= 0.6 is 0 Å². The molecule has 2 aromatic heterocycles. The Balaban J connectivity index is 2.48. The molecule has 1 aromatic carbocycles. The molecule has 0 spiro atoms. The van der Waals surface area contributed by atoms with E-state index in [2.05, 4.69) is 9.97 Å². The number of pyridine rings is 1. The fourth-order valence-corrected chi connectivity index (χ4v) is 2.56. The van der Waals surface area contributed by atoms with Gasteiger partial charge in [0.1, 0.15) is 11.3 Å². The Labute approximate surface area is 132 Å². The minimum absolute atomic E-state index is 0.103. The molecule has 3 rings (SSSR count). The van der Waals surface area contributed by atoms with E-state index < -0.39 is 5.91 Å². The second-order valence-corrected chi connectivity index (χ2v) is 5.49. The van der Waals surface area contributed by atoms with Crippen molar-refractivity contribution < 1.29 is 4.79 Å².